The van der Waals surface area contributed by atoms with Crippen LogP contribution < -0.4 is 5.32 Å². The van der Waals surface area contributed by atoms with Crippen molar-refractivity contribution in [2.75, 3.05) is 33.9 Å². The van der Waals surface area contributed by atoms with Crippen molar-refractivity contribution >= 4 is 17.6 Å². The number of rotatable bonds is 3. The summed E-state index contributed by atoms with van der Waals surface area (Å²) in [7, 11) is 3.70. The molecule has 0 spiro atoms. The van der Waals surface area contributed by atoms with E-state index in [2.05, 4.69) is 22.2 Å². The summed E-state index contributed by atoms with van der Waals surface area (Å²) < 4.78 is 5.07. The van der Waals surface area contributed by atoms with E-state index in [-0.39, 0.29) is 12.0 Å². The lowest BCUT2D eigenvalue weighted by Gasteiger charge is -2.41. The fourth-order valence-electron chi connectivity index (χ4n) is 4.44. The first-order chi connectivity index (χ1) is 10.6. The fourth-order valence-corrected chi connectivity index (χ4v) is 4.69. The van der Waals surface area contributed by atoms with Crippen LogP contribution in [0.15, 0.2) is 0 Å². The second-order valence-electron chi connectivity index (χ2n) is 7.25. The molecule has 2 N–H and O–H groups in total. The van der Waals surface area contributed by atoms with E-state index in [1.54, 1.807) is 0 Å². The number of ether oxygens (including phenoxy) is 1. The van der Waals surface area contributed by atoms with E-state index in [0.717, 1.165) is 39.0 Å². The fraction of sp³-hybridized carbons (Fsp3) is 0.938. The van der Waals surface area contributed by atoms with E-state index in [0.29, 0.717) is 23.4 Å². The summed E-state index contributed by atoms with van der Waals surface area (Å²) in [6.45, 7) is 3.03. The van der Waals surface area contributed by atoms with Crippen LogP contribution in [0.3, 0.4) is 0 Å². The number of hydrogen-bond donors (Lipinski definition) is 1. The molecule has 0 radical (unpaired) electrons. The number of esters is 1. The van der Waals surface area contributed by atoms with E-state index in [9.17, 15) is 4.79 Å². The van der Waals surface area contributed by atoms with Crippen molar-refractivity contribution in [1.29, 1.82) is 0 Å². The van der Waals surface area contributed by atoms with Crippen molar-refractivity contribution < 1.29 is 14.8 Å². The van der Waals surface area contributed by atoms with Crippen molar-refractivity contribution in [1.82, 2.24) is 9.80 Å². The Balaban J connectivity index is 1.66. The zero-order chi connectivity index (χ0) is 15.7. The van der Waals surface area contributed by atoms with Gasteiger partial charge in [-0.15, -0.1) is 11.6 Å². The Kier molecular flexibility index (Phi) is 5.28. The second-order valence-corrected chi connectivity index (χ2v) is 7.87. The number of likely N-dealkylation sites (N-methyl/N-ethyl adjacent to an activating group) is 1. The zero-order valence-electron chi connectivity index (χ0n) is 13.7. The molecule has 126 valence electrons. The Morgan fingerprint density at radius 2 is 2.05 bits per heavy atom. The largest absolute Gasteiger partial charge is 0.468 e. The van der Waals surface area contributed by atoms with Crippen LogP contribution in [0.4, 0.5) is 0 Å². The Morgan fingerprint density at radius 1 is 1.32 bits per heavy atom. The molecule has 22 heavy (non-hydrogen) atoms. The van der Waals surface area contributed by atoms with Crippen LogP contribution in [0.5, 0.6) is 0 Å². The number of methoxy groups -OCH3 is 1. The summed E-state index contributed by atoms with van der Waals surface area (Å²) in [5.74, 6) is 0.613. The molecule has 3 fully saturated rings. The van der Waals surface area contributed by atoms with Gasteiger partial charge in [-0.1, -0.05) is 0 Å². The van der Waals surface area contributed by atoms with Crippen LogP contribution in [-0.4, -0.2) is 73.2 Å². The third kappa shape index (κ3) is 3.42. The van der Waals surface area contributed by atoms with E-state index in [1.165, 1.54) is 20.0 Å². The molecule has 0 aromatic carbocycles. The molecule has 3 rings (SSSR count). The average Bonchev–Trinajstić information content (AvgIpc) is 2.89. The van der Waals surface area contributed by atoms with E-state index in [4.69, 9.17) is 16.3 Å². The molecule has 2 aliphatic heterocycles. The number of alkyl halides is 1. The minimum absolute atomic E-state index is 0.0626. The van der Waals surface area contributed by atoms with Gasteiger partial charge in [0.2, 0.25) is 0 Å². The molecule has 2 saturated heterocycles. The first-order valence-corrected chi connectivity index (χ1v) is 9.01. The highest BCUT2D eigenvalue weighted by molar-refractivity contribution is 6.20. The maximum atomic E-state index is 12.2. The Hall–Kier alpha value is -0.360. The number of nitrogens with zero attached hydrogens (tertiary/aromatic N) is 2. The minimum Gasteiger partial charge on any atom is -0.468 e. The van der Waals surface area contributed by atoms with Gasteiger partial charge in [-0.25, -0.2) is 4.90 Å². The monoisotopic (exact) mass is 330 g/mol. The van der Waals surface area contributed by atoms with Gasteiger partial charge in [0.25, 0.3) is 0 Å². The van der Waals surface area contributed by atoms with Crippen molar-refractivity contribution in [3.8, 4) is 0 Å². The molecule has 3 aliphatic rings. The predicted octanol–water partition coefficient (Wildman–Crippen LogP) is 0.235. The molecular weight excluding hydrogens is 302 g/mol. The van der Waals surface area contributed by atoms with Crippen LogP contribution in [0.1, 0.15) is 32.1 Å². The van der Waals surface area contributed by atoms with Crippen LogP contribution in [0, 0.1) is 5.92 Å². The number of likely N-dealkylation sites (tertiary alicyclic amines) is 1. The Labute approximate surface area is 138 Å². The number of fused-ring (bicyclic) bond motifs is 1. The van der Waals surface area contributed by atoms with Crippen molar-refractivity contribution in [3.63, 3.8) is 0 Å². The number of quaternary nitrogens is 1. The van der Waals surface area contributed by atoms with Gasteiger partial charge in [0.15, 0.2) is 0 Å². The Bertz CT molecular complexity index is 401. The summed E-state index contributed by atoms with van der Waals surface area (Å²) in [4.78, 5) is 17.0. The van der Waals surface area contributed by atoms with E-state index >= 15 is 0 Å². The predicted molar refractivity (Wildman–Crippen MR) is 85.7 cm³/mol. The molecule has 5 nitrogen and oxygen atoms in total. The lowest BCUT2D eigenvalue weighted by Crippen LogP contribution is -2.89. The third-order valence-corrected chi connectivity index (χ3v) is 6.29. The first-order valence-electron chi connectivity index (χ1n) is 8.58. The number of piperidine rings is 1. The molecule has 2 heterocycles. The molecule has 0 amide bonds. The maximum Gasteiger partial charge on any atom is 0.323 e. The molecular formula is C16H29ClN3O2+. The highest BCUT2D eigenvalue weighted by Crippen LogP contribution is 2.30. The molecule has 0 bridgehead atoms. The van der Waals surface area contributed by atoms with Crippen LogP contribution >= 0.6 is 11.6 Å². The Morgan fingerprint density at radius 3 is 2.73 bits per heavy atom. The SMILES string of the molecule is COC(=O)[C@@H]1CC2[NH2+]CN(C)C2CN1CC1CCC(Cl)CC1. The topological polar surface area (TPSA) is 49.4 Å². The summed E-state index contributed by atoms with van der Waals surface area (Å²) in [5.41, 5.74) is 0. The van der Waals surface area contributed by atoms with Crippen molar-refractivity contribution in [2.24, 2.45) is 5.92 Å². The maximum absolute atomic E-state index is 12.2. The molecule has 2 unspecified atom stereocenters. The quantitative estimate of drug-likeness (QED) is 0.595. The normalized spacial score (nSPS) is 40.4. The van der Waals surface area contributed by atoms with Gasteiger partial charge < -0.3 is 10.1 Å². The first kappa shape index (κ1) is 16.5. The molecule has 1 aliphatic carbocycles. The van der Waals surface area contributed by atoms with Gasteiger partial charge in [0.05, 0.1) is 13.2 Å². The molecule has 0 aromatic rings. The zero-order valence-corrected chi connectivity index (χ0v) is 14.5. The van der Waals surface area contributed by atoms with Crippen LogP contribution in [0.25, 0.3) is 0 Å². The molecule has 0 aromatic heterocycles. The van der Waals surface area contributed by atoms with Gasteiger partial charge >= 0.3 is 5.97 Å². The minimum atomic E-state index is -0.0669. The van der Waals surface area contributed by atoms with E-state index < -0.39 is 0 Å². The third-order valence-electron chi connectivity index (χ3n) is 5.86. The van der Waals surface area contributed by atoms with Crippen LogP contribution in [0.2, 0.25) is 0 Å². The van der Waals surface area contributed by atoms with E-state index in [1.807, 2.05) is 0 Å². The summed E-state index contributed by atoms with van der Waals surface area (Å²) in [6, 6.07) is 1.02. The van der Waals surface area contributed by atoms with Gasteiger partial charge in [-0.05, 0) is 38.6 Å². The van der Waals surface area contributed by atoms with Gasteiger partial charge in [0, 0.05) is 24.9 Å². The molecule has 1 saturated carbocycles. The lowest BCUT2D eigenvalue weighted by atomic mass is 9.86. The van der Waals surface area contributed by atoms with Crippen molar-refractivity contribution in [2.45, 2.75) is 55.6 Å². The van der Waals surface area contributed by atoms with Gasteiger partial charge in [-0.3, -0.25) is 9.69 Å². The molecule has 3 atom stereocenters. The smallest absolute Gasteiger partial charge is 0.323 e. The molecule has 6 heteroatoms. The summed E-state index contributed by atoms with van der Waals surface area (Å²) >= 11 is 6.22. The summed E-state index contributed by atoms with van der Waals surface area (Å²) in [5, 5.41) is 2.73. The highest BCUT2D eigenvalue weighted by Gasteiger charge is 2.46. The summed E-state index contributed by atoms with van der Waals surface area (Å²) in [6.07, 6.45) is 5.52. The van der Waals surface area contributed by atoms with Gasteiger partial charge in [0.1, 0.15) is 18.8 Å². The van der Waals surface area contributed by atoms with Crippen LogP contribution in [-0.2, 0) is 9.53 Å². The standard InChI is InChI=1S/C16H28ClN3O2/c1-19-10-18-13-7-14(16(21)22-2)20(9-15(13)19)8-11-3-5-12(17)6-4-11/h11-15,18H,3-10H2,1-2H3/p+1/t11?,12?,13?,14-,15?/m0/s1. The highest BCUT2D eigenvalue weighted by atomic mass is 35.5. The number of carbonyl (C=O) groups excluding carboxylic acids is 1. The average molecular weight is 331 g/mol. The second kappa shape index (κ2) is 7.04. The number of nitrogens with two attached hydrogens (primary N) is 1. The number of halogens is 1. The van der Waals surface area contributed by atoms with Crippen molar-refractivity contribution in [3.05, 3.63) is 0 Å². The lowest BCUT2D eigenvalue weighted by molar-refractivity contribution is -0.678. The van der Waals surface area contributed by atoms with Gasteiger partial charge in [-0.2, -0.15) is 0 Å². The number of carbonyl (C=O) groups is 1. The number of hydrogen-bond acceptors (Lipinski definition) is 4.